The topological polar surface area (TPSA) is 12.0 Å². The van der Waals surface area contributed by atoms with Crippen molar-refractivity contribution in [2.75, 3.05) is 13.6 Å². The van der Waals surface area contributed by atoms with Gasteiger partial charge in [0.25, 0.3) is 0 Å². The minimum absolute atomic E-state index is 0.0986. The van der Waals surface area contributed by atoms with E-state index in [1.807, 2.05) is 7.05 Å². The molecule has 2 heteroatoms. The Kier molecular flexibility index (Phi) is 3.75. The molecule has 3 rings (SSSR count). The van der Waals surface area contributed by atoms with Gasteiger partial charge in [-0.2, -0.15) is 0 Å². The molecule has 106 valence electrons. The highest BCUT2D eigenvalue weighted by Gasteiger charge is 2.36. The lowest BCUT2D eigenvalue weighted by molar-refractivity contribution is 0.178. The number of benzene rings is 2. The molecule has 0 atom stereocenters. The lowest BCUT2D eigenvalue weighted by atomic mass is 9.68. The van der Waals surface area contributed by atoms with E-state index < -0.39 is 6.17 Å². The second-order valence-corrected chi connectivity index (χ2v) is 6.05. The van der Waals surface area contributed by atoms with Crippen LogP contribution in [0.2, 0.25) is 0 Å². The molecule has 1 aliphatic carbocycles. The van der Waals surface area contributed by atoms with E-state index in [0.29, 0.717) is 12.8 Å². The largest absolute Gasteiger partial charge is 0.319 e. The van der Waals surface area contributed by atoms with E-state index in [0.717, 1.165) is 19.4 Å². The summed E-state index contributed by atoms with van der Waals surface area (Å²) in [5.41, 5.74) is 1.46. The fourth-order valence-electron chi connectivity index (χ4n) is 3.56. The summed E-state index contributed by atoms with van der Waals surface area (Å²) in [6.45, 7) is 0.929. The number of hydrogen-bond donors (Lipinski definition) is 1. The van der Waals surface area contributed by atoms with Crippen LogP contribution in [0.1, 0.15) is 31.2 Å². The highest BCUT2D eigenvalue weighted by molar-refractivity contribution is 5.83. The fourth-order valence-corrected chi connectivity index (χ4v) is 3.56. The number of likely N-dealkylation sites (N-methyl/N-ethyl adjacent to an activating group) is 1. The van der Waals surface area contributed by atoms with Crippen molar-refractivity contribution in [2.24, 2.45) is 0 Å². The van der Waals surface area contributed by atoms with E-state index in [1.165, 1.54) is 16.3 Å². The number of fused-ring (bicyclic) bond motifs is 1. The van der Waals surface area contributed by atoms with Crippen molar-refractivity contribution >= 4 is 10.8 Å². The Labute approximate surface area is 120 Å². The average molecular weight is 271 g/mol. The number of alkyl halides is 1. The summed E-state index contributed by atoms with van der Waals surface area (Å²) in [5.74, 6) is 0. The number of hydrogen-bond acceptors (Lipinski definition) is 1. The van der Waals surface area contributed by atoms with Crippen molar-refractivity contribution in [1.82, 2.24) is 5.32 Å². The van der Waals surface area contributed by atoms with E-state index in [4.69, 9.17) is 0 Å². The third-order valence-corrected chi connectivity index (χ3v) is 4.75. The molecule has 0 spiro atoms. The summed E-state index contributed by atoms with van der Waals surface area (Å²) in [5, 5.41) is 5.87. The molecular formula is C18H22FN. The molecule has 2 aromatic carbocycles. The van der Waals surface area contributed by atoms with Gasteiger partial charge in [-0.3, -0.25) is 0 Å². The summed E-state index contributed by atoms with van der Waals surface area (Å²) >= 11 is 0. The maximum Gasteiger partial charge on any atom is 0.100 e. The summed E-state index contributed by atoms with van der Waals surface area (Å²) in [7, 11) is 1.99. The molecule has 2 aromatic rings. The van der Waals surface area contributed by atoms with Gasteiger partial charge in [0, 0.05) is 12.0 Å². The zero-order chi connectivity index (χ0) is 14.0. The molecule has 20 heavy (non-hydrogen) atoms. The third-order valence-electron chi connectivity index (χ3n) is 4.75. The third kappa shape index (κ3) is 2.45. The monoisotopic (exact) mass is 271 g/mol. The molecule has 1 saturated carbocycles. The maximum absolute atomic E-state index is 13.5. The number of halogens is 1. The van der Waals surface area contributed by atoms with Gasteiger partial charge in [-0.05, 0) is 49.1 Å². The first-order valence-corrected chi connectivity index (χ1v) is 7.51. The quantitative estimate of drug-likeness (QED) is 0.881. The van der Waals surface area contributed by atoms with Crippen LogP contribution >= 0.6 is 0 Å². The molecule has 0 heterocycles. The van der Waals surface area contributed by atoms with Crippen molar-refractivity contribution < 1.29 is 4.39 Å². The smallest absolute Gasteiger partial charge is 0.100 e. The van der Waals surface area contributed by atoms with Crippen molar-refractivity contribution in [3.8, 4) is 0 Å². The van der Waals surface area contributed by atoms with Crippen molar-refractivity contribution in [2.45, 2.75) is 37.3 Å². The van der Waals surface area contributed by atoms with Crippen LogP contribution in [0.15, 0.2) is 42.5 Å². The summed E-state index contributed by atoms with van der Waals surface area (Å²) in [6.07, 6.45) is 2.64. The standard InChI is InChI=1S/C18H22FN/c1-20-13-18(10-8-17(19)9-11-18)16-7-6-14-4-2-3-5-15(14)12-16/h2-7,12,17,20H,8-11,13H2,1H3. The molecule has 0 aliphatic heterocycles. The Morgan fingerprint density at radius 2 is 1.80 bits per heavy atom. The molecule has 0 aromatic heterocycles. The summed E-state index contributed by atoms with van der Waals surface area (Å²) < 4.78 is 13.5. The van der Waals surface area contributed by atoms with Crippen LogP contribution in [0.3, 0.4) is 0 Å². The van der Waals surface area contributed by atoms with E-state index >= 15 is 0 Å². The normalized spacial score (nSPS) is 26.8. The van der Waals surface area contributed by atoms with Crippen LogP contribution in [-0.4, -0.2) is 19.8 Å². The van der Waals surface area contributed by atoms with E-state index in [2.05, 4.69) is 47.8 Å². The minimum Gasteiger partial charge on any atom is -0.319 e. The van der Waals surface area contributed by atoms with Gasteiger partial charge < -0.3 is 5.32 Å². The van der Waals surface area contributed by atoms with E-state index in [-0.39, 0.29) is 5.41 Å². The zero-order valence-corrected chi connectivity index (χ0v) is 12.0. The zero-order valence-electron chi connectivity index (χ0n) is 12.0. The van der Waals surface area contributed by atoms with Crippen LogP contribution in [0.25, 0.3) is 10.8 Å². The van der Waals surface area contributed by atoms with Crippen molar-refractivity contribution in [3.63, 3.8) is 0 Å². The van der Waals surface area contributed by atoms with Crippen molar-refractivity contribution in [1.29, 1.82) is 0 Å². The fraction of sp³-hybridized carbons (Fsp3) is 0.444. The van der Waals surface area contributed by atoms with Gasteiger partial charge in [0.15, 0.2) is 0 Å². The van der Waals surface area contributed by atoms with Gasteiger partial charge >= 0.3 is 0 Å². The Hall–Kier alpha value is -1.41. The Morgan fingerprint density at radius 1 is 1.10 bits per heavy atom. The van der Waals surface area contributed by atoms with E-state index in [1.54, 1.807) is 0 Å². The average Bonchev–Trinajstić information content (AvgIpc) is 2.49. The van der Waals surface area contributed by atoms with Gasteiger partial charge in [-0.1, -0.05) is 42.5 Å². The number of rotatable bonds is 3. The Bertz CT molecular complexity index is 585. The van der Waals surface area contributed by atoms with E-state index in [9.17, 15) is 4.39 Å². The summed E-state index contributed by atoms with van der Waals surface area (Å²) in [4.78, 5) is 0. The molecule has 0 bridgehead atoms. The second-order valence-electron chi connectivity index (χ2n) is 6.05. The highest BCUT2D eigenvalue weighted by atomic mass is 19.1. The summed E-state index contributed by atoms with van der Waals surface area (Å²) in [6, 6.07) is 15.2. The second kappa shape index (κ2) is 5.53. The predicted molar refractivity (Wildman–Crippen MR) is 82.9 cm³/mol. The molecule has 1 nitrogen and oxygen atoms in total. The lowest BCUT2D eigenvalue weighted by Gasteiger charge is -2.39. The molecule has 1 aliphatic rings. The molecule has 0 saturated heterocycles. The predicted octanol–water partition coefficient (Wildman–Crippen LogP) is 4.21. The first kappa shape index (κ1) is 13.6. The minimum atomic E-state index is -0.611. The molecule has 0 unspecified atom stereocenters. The van der Waals surface area contributed by atoms with Crippen LogP contribution in [0.5, 0.6) is 0 Å². The molecule has 0 amide bonds. The van der Waals surface area contributed by atoms with Gasteiger partial charge in [-0.25, -0.2) is 4.39 Å². The first-order chi connectivity index (χ1) is 9.73. The lowest BCUT2D eigenvalue weighted by Crippen LogP contribution is -2.40. The van der Waals surface area contributed by atoms with Crippen LogP contribution in [0, 0.1) is 0 Å². The van der Waals surface area contributed by atoms with Crippen LogP contribution < -0.4 is 5.32 Å². The van der Waals surface area contributed by atoms with Gasteiger partial charge in [0.2, 0.25) is 0 Å². The van der Waals surface area contributed by atoms with Gasteiger partial charge in [0.05, 0.1) is 0 Å². The SMILES string of the molecule is CNCC1(c2ccc3ccccc3c2)CCC(F)CC1. The molecular weight excluding hydrogens is 249 g/mol. The van der Waals surface area contributed by atoms with Crippen LogP contribution in [0.4, 0.5) is 4.39 Å². The molecule has 0 radical (unpaired) electrons. The Morgan fingerprint density at radius 3 is 2.50 bits per heavy atom. The highest BCUT2D eigenvalue weighted by Crippen LogP contribution is 2.40. The van der Waals surface area contributed by atoms with Gasteiger partial charge in [0.1, 0.15) is 6.17 Å². The van der Waals surface area contributed by atoms with Gasteiger partial charge in [-0.15, -0.1) is 0 Å². The molecule has 1 fully saturated rings. The molecule has 1 N–H and O–H groups in total. The first-order valence-electron chi connectivity index (χ1n) is 7.51. The van der Waals surface area contributed by atoms with Crippen molar-refractivity contribution in [3.05, 3.63) is 48.0 Å². The Balaban J connectivity index is 2.00. The number of nitrogens with one attached hydrogen (secondary N) is 1. The maximum atomic E-state index is 13.5. The van der Waals surface area contributed by atoms with Crippen LogP contribution in [-0.2, 0) is 5.41 Å².